The molecule has 0 atom stereocenters. The van der Waals surface area contributed by atoms with E-state index in [1.165, 1.54) is 39.9 Å². The zero-order chi connectivity index (χ0) is 23.6. The summed E-state index contributed by atoms with van der Waals surface area (Å²) in [6, 6.07) is 11.6. The fourth-order valence-corrected chi connectivity index (χ4v) is 6.53. The Kier molecular flexibility index (Phi) is 6.70. The van der Waals surface area contributed by atoms with Crippen LogP contribution in [0.15, 0.2) is 52.4 Å². The van der Waals surface area contributed by atoms with Gasteiger partial charge in [-0.3, -0.25) is 4.79 Å². The van der Waals surface area contributed by atoms with E-state index < -0.39 is 15.9 Å². The van der Waals surface area contributed by atoms with E-state index in [1.54, 1.807) is 18.7 Å². The average Bonchev–Trinajstić information content (AvgIpc) is 3.47. The van der Waals surface area contributed by atoms with Crippen LogP contribution in [-0.2, 0) is 16.6 Å². The highest BCUT2D eigenvalue weighted by atomic mass is 32.2. The second-order valence-electron chi connectivity index (χ2n) is 7.91. The summed E-state index contributed by atoms with van der Waals surface area (Å²) in [4.78, 5) is 17.8. The summed E-state index contributed by atoms with van der Waals surface area (Å²) >= 11 is 1.34. The molecule has 33 heavy (non-hydrogen) atoms. The molecule has 0 saturated heterocycles. The molecule has 4 rings (SSSR count). The van der Waals surface area contributed by atoms with E-state index in [0.717, 1.165) is 35.9 Å². The van der Waals surface area contributed by atoms with E-state index in [4.69, 9.17) is 11.2 Å². The van der Waals surface area contributed by atoms with Gasteiger partial charge < -0.3 is 9.30 Å². The van der Waals surface area contributed by atoms with Crippen molar-refractivity contribution in [3.8, 4) is 18.1 Å². The number of fused-ring (bicyclic) bond motifs is 1. The molecule has 0 aliphatic heterocycles. The first kappa shape index (κ1) is 23.2. The highest BCUT2D eigenvalue weighted by Crippen LogP contribution is 2.27. The van der Waals surface area contributed by atoms with Gasteiger partial charge >= 0.3 is 0 Å². The lowest BCUT2D eigenvalue weighted by Crippen LogP contribution is -2.35. The van der Waals surface area contributed by atoms with Crippen LogP contribution in [0.2, 0.25) is 0 Å². The Morgan fingerprint density at radius 3 is 2.58 bits per heavy atom. The van der Waals surface area contributed by atoms with E-state index >= 15 is 0 Å². The number of benzene rings is 2. The number of carbonyl (C=O) groups excluding carboxylic acids is 1. The quantitative estimate of drug-likeness (QED) is 0.501. The Hall–Kier alpha value is -2.93. The molecule has 0 bridgehead atoms. The number of carbonyl (C=O) groups is 1. The molecule has 0 radical (unpaired) electrons. The van der Waals surface area contributed by atoms with Crippen molar-refractivity contribution in [3.05, 3.63) is 52.8 Å². The van der Waals surface area contributed by atoms with Gasteiger partial charge in [0.25, 0.3) is 5.91 Å². The summed E-state index contributed by atoms with van der Waals surface area (Å²) < 4.78 is 35.3. The first-order chi connectivity index (χ1) is 15.8. The topological polar surface area (TPSA) is 81.0 Å². The van der Waals surface area contributed by atoms with Crippen molar-refractivity contribution in [2.75, 3.05) is 14.2 Å². The van der Waals surface area contributed by atoms with Crippen LogP contribution in [0.5, 0.6) is 5.75 Å². The second-order valence-corrected chi connectivity index (χ2v) is 10.9. The Bertz CT molecular complexity index is 1390. The number of amides is 1. The van der Waals surface area contributed by atoms with E-state index in [-0.39, 0.29) is 17.5 Å². The summed E-state index contributed by atoms with van der Waals surface area (Å²) in [5, 5.41) is 0. The predicted octanol–water partition coefficient (Wildman–Crippen LogP) is 3.65. The first-order valence-corrected chi connectivity index (χ1v) is 12.9. The van der Waals surface area contributed by atoms with Gasteiger partial charge in [0.2, 0.25) is 10.0 Å². The molecule has 1 heterocycles. The van der Waals surface area contributed by atoms with Gasteiger partial charge in [-0.25, -0.2) is 8.42 Å². The van der Waals surface area contributed by atoms with Crippen LogP contribution in [0.3, 0.4) is 0 Å². The molecule has 3 aromatic rings. The molecule has 7 nitrogen and oxygen atoms in total. The maximum Gasteiger partial charge on any atom is 0.279 e. The number of hydrogen-bond acceptors (Lipinski definition) is 5. The third kappa shape index (κ3) is 4.60. The lowest BCUT2D eigenvalue weighted by atomic mass is 10.2. The molecule has 9 heteroatoms. The number of rotatable bonds is 6. The highest BCUT2D eigenvalue weighted by molar-refractivity contribution is 7.89. The Morgan fingerprint density at radius 1 is 1.24 bits per heavy atom. The van der Waals surface area contributed by atoms with E-state index in [2.05, 4.69) is 10.9 Å². The predicted molar refractivity (Wildman–Crippen MR) is 129 cm³/mol. The molecule has 1 aromatic heterocycles. The minimum absolute atomic E-state index is 0.0319. The van der Waals surface area contributed by atoms with Crippen molar-refractivity contribution >= 4 is 37.5 Å². The largest absolute Gasteiger partial charge is 0.497 e. The van der Waals surface area contributed by atoms with Crippen molar-refractivity contribution < 1.29 is 17.9 Å². The van der Waals surface area contributed by atoms with Gasteiger partial charge in [0.05, 0.1) is 28.8 Å². The lowest BCUT2D eigenvalue weighted by Gasteiger charge is -2.23. The highest BCUT2D eigenvalue weighted by Gasteiger charge is 2.30. The fourth-order valence-electron chi connectivity index (χ4n) is 4.06. The summed E-state index contributed by atoms with van der Waals surface area (Å²) in [6.45, 7) is 0.267. The Labute approximate surface area is 197 Å². The summed E-state index contributed by atoms with van der Waals surface area (Å²) in [7, 11) is -0.389. The normalized spacial score (nSPS) is 15.3. The van der Waals surface area contributed by atoms with Gasteiger partial charge in [-0.1, -0.05) is 30.1 Å². The first-order valence-electron chi connectivity index (χ1n) is 10.6. The Balaban J connectivity index is 1.64. The van der Waals surface area contributed by atoms with Gasteiger partial charge in [-0.05, 0) is 55.3 Å². The van der Waals surface area contributed by atoms with Crippen molar-refractivity contribution in [2.45, 2.75) is 43.2 Å². The van der Waals surface area contributed by atoms with Crippen LogP contribution in [-0.4, -0.2) is 43.4 Å². The van der Waals surface area contributed by atoms with E-state index in [9.17, 15) is 13.2 Å². The minimum Gasteiger partial charge on any atom is -0.497 e. The summed E-state index contributed by atoms with van der Waals surface area (Å²) in [5.74, 6) is 2.83. The van der Waals surface area contributed by atoms with Gasteiger partial charge in [0.1, 0.15) is 5.75 Å². The molecule has 0 spiro atoms. The third-order valence-corrected chi connectivity index (χ3v) is 8.92. The molecule has 0 unspecified atom stereocenters. The van der Waals surface area contributed by atoms with Crippen molar-refractivity contribution in [1.82, 2.24) is 8.87 Å². The standard InChI is InChI=1S/C24H25N3O4S2/c1-4-15-27-21-14-11-19(31-3)16-22(21)32-24(27)25-23(28)17-9-12-20(13-10-17)33(29,30)26(2)18-7-5-6-8-18/h1,9-14,16,18H,5-8,15H2,2-3H3. The van der Waals surface area contributed by atoms with Crippen LogP contribution in [0.25, 0.3) is 10.2 Å². The summed E-state index contributed by atoms with van der Waals surface area (Å²) in [6.07, 6.45) is 9.37. The van der Waals surface area contributed by atoms with Gasteiger partial charge in [0, 0.05) is 18.7 Å². The smallest absolute Gasteiger partial charge is 0.279 e. The molecule has 2 aromatic carbocycles. The van der Waals surface area contributed by atoms with Gasteiger partial charge in [0.15, 0.2) is 4.80 Å². The minimum atomic E-state index is -3.61. The molecule has 1 fully saturated rings. The zero-order valence-corrected chi connectivity index (χ0v) is 20.2. The van der Waals surface area contributed by atoms with Crippen LogP contribution < -0.4 is 9.54 Å². The van der Waals surface area contributed by atoms with Crippen molar-refractivity contribution in [1.29, 1.82) is 0 Å². The monoisotopic (exact) mass is 483 g/mol. The molecular formula is C24H25N3O4S2. The molecule has 0 N–H and O–H groups in total. The fraction of sp³-hybridized carbons (Fsp3) is 0.333. The molecule has 1 saturated carbocycles. The third-order valence-electron chi connectivity index (χ3n) is 5.95. The second kappa shape index (κ2) is 9.51. The molecule has 1 aliphatic carbocycles. The number of sulfonamides is 1. The molecule has 1 aliphatic rings. The number of terminal acetylenes is 1. The molecular weight excluding hydrogens is 458 g/mol. The van der Waals surface area contributed by atoms with Gasteiger partial charge in [-0.15, -0.1) is 6.42 Å². The van der Waals surface area contributed by atoms with Crippen LogP contribution in [0, 0.1) is 12.3 Å². The average molecular weight is 484 g/mol. The zero-order valence-electron chi connectivity index (χ0n) is 18.5. The lowest BCUT2D eigenvalue weighted by molar-refractivity contribution is 0.0998. The summed E-state index contributed by atoms with van der Waals surface area (Å²) in [5.41, 5.74) is 1.17. The molecule has 172 valence electrons. The Morgan fingerprint density at radius 2 is 1.94 bits per heavy atom. The number of aromatic nitrogens is 1. The van der Waals surface area contributed by atoms with Crippen molar-refractivity contribution in [2.24, 2.45) is 4.99 Å². The van der Waals surface area contributed by atoms with E-state index in [1.807, 2.05) is 18.2 Å². The van der Waals surface area contributed by atoms with E-state index in [0.29, 0.717) is 16.1 Å². The van der Waals surface area contributed by atoms with Gasteiger partial charge in [-0.2, -0.15) is 9.30 Å². The van der Waals surface area contributed by atoms with Crippen LogP contribution in [0.4, 0.5) is 0 Å². The molecule has 1 amide bonds. The number of methoxy groups -OCH3 is 1. The number of thiazole rings is 1. The number of hydrogen-bond donors (Lipinski definition) is 0. The SMILES string of the molecule is C#CCn1c(=NC(=O)c2ccc(S(=O)(=O)N(C)C3CCCC3)cc2)sc2cc(OC)ccc21. The number of ether oxygens (including phenoxy) is 1. The maximum absolute atomic E-state index is 12.9. The van der Waals surface area contributed by atoms with Crippen LogP contribution >= 0.6 is 11.3 Å². The maximum atomic E-state index is 12.9. The van der Waals surface area contributed by atoms with Crippen molar-refractivity contribution in [3.63, 3.8) is 0 Å². The van der Waals surface area contributed by atoms with Crippen LogP contribution in [0.1, 0.15) is 36.0 Å². The number of nitrogens with zero attached hydrogens (tertiary/aromatic N) is 3.